The number of amides is 1. The third-order valence-corrected chi connectivity index (χ3v) is 3.74. The summed E-state index contributed by atoms with van der Waals surface area (Å²) in [5.74, 6) is -0.238. The van der Waals surface area contributed by atoms with Crippen molar-refractivity contribution in [3.63, 3.8) is 0 Å². The predicted molar refractivity (Wildman–Crippen MR) is 74.9 cm³/mol. The second kappa shape index (κ2) is 6.87. The lowest BCUT2D eigenvalue weighted by atomic mass is 10.3. The maximum Gasteiger partial charge on any atom is 0.270 e. The summed E-state index contributed by atoms with van der Waals surface area (Å²) < 4.78 is 29.3. The molecule has 0 aliphatic rings. The van der Waals surface area contributed by atoms with Crippen LogP contribution in [-0.2, 0) is 21.3 Å². The predicted octanol–water partition coefficient (Wildman–Crippen LogP) is 0.264. The Bertz CT molecular complexity index is 565. The van der Waals surface area contributed by atoms with Gasteiger partial charge in [-0.2, -0.15) is 0 Å². The van der Waals surface area contributed by atoms with E-state index >= 15 is 0 Å². The molecule has 0 fully saturated rings. The molecule has 114 valence electrons. The van der Waals surface area contributed by atoms with Crippen molar-refractivity contribution < 1.29 is 17.9 Å². The Hall–Kier alpha value is -1.38. The lowest BCUT2D eigenvalue weighted by molar-refractivity contribution is 0.0782. The molecule has 0 saturated heterocycles. The molecule has 0 aromatic carbocycles. The van der Waals surface area contributed by atoms with Crippen molar-refractivity contribution in [3.8, 4) is 0 Å². The lowest BCUT2D eigenvalue weighted by Crippen LogP contribution is -2.29. The van der Waals surface area contributed by atoms with Gasteiger partial charge in [0.2, 0.25) is 10.0 Å². The van der Waals surface area contributed by atoms with Crippen LogP contribution in [0.15, 0.2) is 17.2 Å². The summed E-state index contributed by atoms with van der Waals surface area (Å²) >= 11 is 0. The fourth-order valence-corrected chi connectivity index (χ4v) is 2.38. The average molecular weight is 303 g/mol. The molecule has 2 N–H and O–H groups in total. The van der Waals surface area contributed by atoms with E-state index in [1.54, 1.807) is 16.5 Å². The molecule has 8 heteroatoms. The van der Waals surface area contributed by atoms with Crippen LogP contribution in [0.1, 0.15) is 23.8 Å². The molecule has 1 heterocycles. The van der Waals surface area contributed by atoms with Crippen molar-refractivity contribution in [3.05, 3.63) is 18.0 Å². The van der Waals surface area contributed by atoms with E-state index in [4.69, 9.17) is 9.88 Å². The topological polar surface area (TPSA) is 94.6 Å². The SMILES string of the molecule is CCCN(C)C(=O)c1cc(S(N)(=O)=O)cn1CCOC. The highest BCUT2D eigenvalue weighted by Crippen LogP contribution is 2.15. The number of methoxy groups -OCH3 is 1. The molecule has 0 saturated carbocycles. The highest BCUT2D eigenvalue weighted by Gasteiger charge is 2.21. The summed E-state index contributed by atoms with van der Waals surface area (Å²) in [5.41, 5.74) is 0.294. The van der Waals surface area contributed by atoms with Crippen LogP contribution in [0.3, 0.4) is 0 Å². The summed E-state index contributed by atoms with van der Waals surface area (Å²) in [4.78, 5) is 13.8. The van der Waals surface area contributed by atoms with Gasteiger partial charge in [0.15, 0.2) is 0 Å². The van der Waals surface area contributed by atoms with Crippen molar-refractivity contribution in [2.45, 2.75) is 24.8 Å². The minimum absolute atomic E-state index is 0.0677. The Morgan fingerprint density at radius 3 is 2.65 bits per heavy atom. The number of nitrogens with zero attached hydrogens (tertiary/aromatic N) is 2. The molecule has 7 nitrogen and oxygen atoms in total. The second-order valence-electron chi connectivity index (χ2n) is 4.52. The van der Waals surface area contributed by atoms with Gasteiger partial charge in [-0.3, -0.25) is 4.79 Å². The van der Waals surface area contributed by atoms with E-state index in [1.165, 1.54) is 19.4 Å². The minimum atomic E-state index is -3.83. The maximum atomic E-state index is 12.3. The molecule has 20 heavy (non-hydrogen) atoms. The molecule has 0 radical (unpaired) electrons. The zero-order chi connectivity index (χ0) is 15.3. The van der Waals surface area contributed by atoms with Crippen LogP contribution >= 0.6 is 0 Å². The molecule has 1 rings (SSSR count). The van der Waals surface area contributed by atoms with Crippen LogP contribution in [0.4, 0.5) is 0 Å². The summed E-state index contributed by atoms with van der Waals surface area (Å²) in [6.45, 7) is 3.31. The number of nitrogens with two attached hydrogens (primary N) is 1. The fourth-order valence-electron chi connectivity index (χ4n) is 1.83. The Balaban J connectivity index is 3.15. The molecular weight excluding hydrogens is 282 g/mol. The number of primary sulfonamides is 1. The summed E-state index contributed by atoms with van der Waals surface area (Å²) in [6.07, 6.45) is 2.18. The van der Waals surface area contributed by atoms with Crippen LogP contribution < -0.4 is 5.14 Å². The lowest BCUT2D eigenvalue weighted by Gasteiger charge is -2.17. The van der Waals surface area contributed by atoms with E-state index in [0.717, 1.165) is 6.42 Å². The van der Waals surface area contributed by atoms with E-state index in [-0.39, 0.29) is 10.8 Å². The highest BCUT2D eigenvalue weighted by molar-refractivity contribution is 7.89. The Kier molecular flexibility index (Phi) is 5.73. The summed E-state index contributed by atoms with van der Waals surface area (Å²) in [5, 5.41) is 5.11. The van der Waals surface area contributed by atoms with Crippen molar-refractivity contribution in [1.82, 2.24) is 9.47 Å². The molecule has 0 spiro atoms. The van der Waals surface area contributed by atoms with Gasteiger partial charge in [-0.05, 0) is 12.5 Å². The van der Waals surface area contributed by atoms with Gasteiger partial charge in [-0.15, -0.1) is 0 Å². The Labute approximate surface area is 119 Å². The molecule has 0 unspecified atom stereocenters. The van der Waals surface area contributed by atoms with Crippen molar-refractivity contribution in [2.75, 3.05) is 27.3 Å². The average Bonchev–Trinajstić information content (AvgIpc) is 2.79. The summed E-state index contributed by atoms with van der Waals surface area (Å²) in [7, 11) is -0.620. The third kappa shape index (κ3) is 4.06. The number of carbonyl (C=O) groups is 1. The summed E-state index contributed by atoms with van der Waals surface area (Å²) in [6, 6.07) is 1.31. The van der Waals surface area contributed by atoms with Crippen molar-refractivity contribution >= 4 is 15.9 Å². The maximum absolute atomic E-state index is 12.3. The molecule has 0 atom stereocenters. The number of carbonyl (C=O) groups excluding carboxylic acids is 1. The van der Waals surface area contributed by atoms with Gasteiger partial charge in [0.1, 0.15) is 10.6 Å². The number of aromatic nitrogens is 1. The molecule has 1 amide bonds. The Morgan fingerprint density at radius 1 is 1.50 bits per heavy atom. The van der Waals surface area contributed by atoms with Crippen molar-refractivity contribution in [2.24, 2.45) is 5.14 Å². The van der Waals surface area contributed by atoms with E-state index < -0.39 is 10.0 Å². The normalized spacial score (nSPS) is 11.6. The number of rotatable bonds is 7. The van der Waals surface area contributed by atoms with Gasteiger partial charge in [0, 0.05) is 33.4 Å². The van der Waals surface area contributed by atoms with Gasteiger partial charge in [0.05, 0.1) is 6.61 Å². The zero-order valence-corrected chi connectivity index (χ0v) is 12.8. The second-order valence-corrected chi connectivity index (χ2v) is 6.08. The number of hydrogen-bond acceptors (Lipinski definition) is 4. The van der Waals surface area contributed by atoms with Crippen LogP contribution in [0, 0.1) is 0 Å². The first-order valence-corrected chi connectivity index (χ1v) is 7.83. The molecule has 0 aliphatic carbocycles. The standard InChI is InChI=1S/C12H21N3O4S/c1-4-5-14(2)12(16)11-8-10(20(13,17)18)9-15(11)6-7-19-3/h8-9H,4-7H2,1-3H3,(H2,13,17,18). The van der Waals surface area contributed by atoms with Crippen LogP contribution in [0.5, 0.6) is 0 Å². The Morgan fingerprint density at radius 2 is 2.15 bits per heavy atom. The quantitative estimate of drug-likeness (QED) is 0.782. The number of sulfonamides is 1. The van der Waals surface area contributed by atoms with Crippen LogP contribution in [0.2, 0.25) is 0 Å². The van der Waals surface area contributed by atoms with Crippen molar-refractivity contribution in [1.29, 1.82) is 0 Å². The smallest absolute Gasteiger partial charge is 0.270 e. The molecule has 0 bridgehead atoms. The van der Waals surface area contributed by atoms with Gasteiger partial charge in [0.25, 0.3) is 5.91 Å². The third-order valence-electron chi connectivity index (χ3n) is 2.86. The van der Waals surface area contributed by atoms with Crippen LogP contribution in [-0.4, -0.2) is 51.1 Å². The zero-order valence-electron chi connectivity index (χ0n) is 12.0. The largest absolute Gasteiger partial charge is 0.383 e. The first-order chi connectivity index (χ1) is 9.31. The fraction of sp³-hybridized carbons (Fsp3) is 0.583. The molecular formula is C12H21N3O4S. The minimum Gasteiger partial charge on any atom is -0.383 e. The van der Waals surface area contributed by atoms with Gasteiger partial charge in [-0.1, -0.05) is 6.92 Å². The molecule has 1 aromatic rings. The van der Waals surface area contributed by atoms with E-state index in [0.29, 0.717) is 25.4 Å². The van der Waals surface area contributed by atoms with E-state index in [1.807, 2.05) is 6.92 Å². The number of hydrogen-bond donors (Lipinski definition) is 1. The molecule has 1 aromatic heterocycles. The highest BCUT2D eigenvalue weighted by atomic mass is 32.2. The molecule has 0 aliphatic heterocycles. The number of ether oxygens (including phenoxy) is 1. The van der Waals surface area contributed by atoms with Gasteiger partial charge in [-0.25, -0.2) is 13.6 Å². The van der Waals surface area contributed by atoms with Gasteiger partial charge < -0.3 is 14.2 Å². The first kappa shape index (κ1) is 16.7. The van der Waals surface area contributed by atoms with Crippen LogP contribution in [0.25, 0.3) is 0 Å². The van der Waals surface area contributed by atoms with E-state index in [9.17, 15) is 13.2 Å². The van der Waals surface area contributed by atoms with E-state index in [2.05, 4.69) is 0 Å². The monoisotopic (exact) mass is 303 g/mol. The van der Waals surface area contributed by atoms with Gasteiger partial charge >= 0.3 is 0 Å². The first-order valence-electron chi connectivity index (χ1n) is 6.28.